The monoisotopic (exact) mass is 177 g/mol. The highest BCUT2D eigenvalue weighted by molar-refractivity contribution is 7.80. The molecule has 0 heterocycles. The highest BCUT2D eigenvalue weighted by atomic mass is 32.1. The normalized spacial score (nSPS) is 10.9. The molecule has 0 saturated heterocycles. The molecule has 68 valence electrons. The Labute approximate surface area is 75.3 Å². The predicted molar refractivity (Wildman–Crippen MR) is 52.5 cm³/mol. The maximum Gasteiger partial charge on any atom is 0.0593 e. The molecule has 2 nitrogen and oxygen atoms in total. The van der Waals surface area contributed by atoms with Gasteiger partial charge < -0.3 is 9.64 Å². The molecule has 0 aromatic carbocycles. The topological polar surface area (TPSA) is 12.5 Å². The lowest BCUT2D eigenvalue weighted by atomic mass is 10.4. The third-order valence-electron chi connectivity index (χ3n) is 1.52. The summed E-state index contributed by atoms with van der Waals surface area (Å²) in [6.45, 7) is 5.84. The number of thiol groups is 1. The first-order chi connectivity index (χ1) is 5.31. The minimum absolute atomic E-state index is 0.820. The van der Waals surface area contributed by atoms with Gasteiger partial charge in [0, 0.05) is 13.2 Å². The highest BCUT2D eigenvalue weighted by Crippen LogP contribution is 1.89. The first-order valence-electron chi connectivity index (χ1n) is 4.18. The Morgan fingerprint density at radius 1 is 1.36 bits per heavy atom. The van der Waals surface area contributed by atoms with E-state index in [1.807, 2.05) is 6.92 Å². The zero-order valence-electron chi connectivity index (χ0n) is 7.55. The molecule has 0 aliphatic rings. The van der Waals surface area contributed by atoms with E-state index in [4.69, 9.17) is 4.74 Å². The van der Waals surface area contributed by atoms with Gasteiger partial charge in [0.25, 0.3) is 0 Å². The maximum absolute atomic E-state index is 5.22. The molecule has 0 radical (unpaired) electrons. The van der Waals surface area contributed by atoms with Crippen LogP contribution in [0.15, 0.2) is 0 Å². The summed E-state index contributed by atoms with van der Waals surface area (Å²) in [6, 6.07) is 0. The van der Waals surface area contributed by atoms with E-state index in [1.165, 1.54) is 0 Å². The Morgan fingerprint density at radius 2 is 2.09 bits per heavy atom. The molecule has 3 heteroatoms. The van der Waals surface area contributed by atoms with Crippen LogP contribution in [0.3, 0.4) is 0 Å². The van der Waals surface area contributed by atoms with Gasteiger partial charge in [0.05, 0.1) is 6.61 Å². The van der Waals surface area contributed by atoms with Crippen LogP contribution in [0.2, 0.25) is 0 Å². The Bertz CT molecular complexity index is 80.5. The van der Waals surface area contributed by atoms with E-state index >= 15 is 0 Å². The third kappa shape index (κ3) is 8.17. The SMILES string of the molecule is CCOCCN(C)CCCS. The van der Waals surface area contributed by atoms with Crippen LogP contribution in [0.1, 0.15) is 13.3 Å². The summed E-state index contributed by atoms with van der Waals surface area (Å²) < 4.78 is 5.22. The number of hydrogen-bond acceptors (Lipinski definition) is 3. The molecule has 0 saturated carbocycles. The first kappa shape index (κ1) is 11.3. The van der Waals surface area contributed by atoms with Gasteiger partial charge in [-0.3, -0.25) is 0 Å². The van der Waals surface area contributed by atoms with Crippen molar-refractivity contribution in [1.82, 2.24) is 4.90 Å². The Kier molecular flexibility index (Phi) is 8.57. The first-order valence-corrected chi connectivity index (χ1v) is 4.81. The molecule has 0 aliphatic heterocycles. The molecule has 0 unspecified atom stereocenters. The third-order valence-corrected chi connectivity index (χ3v) is 1.84. The fourth-order valence-electron chi connectivity index (χ4n) is 0.817. The van der Waals surface area contributed by atoms with Crippen LogP contribution in [0, 0.1) is 0 Å². The van der Waals surface area contributed by atoms with Crippen LogP contribution in [0.5, 0.6) is 0 Å². The lowest BCUT2D eigenvalue weighted by Crippen LogP contribution is -2.24. The summed E-state index contributed by atoms with van der Waals surface area (Å²) in [4.78, 5) is 2.27. The van der Waals surface area contributed by atoms with Crippen molar-refractivity contribution >= 4 is 12.6 Å². The van der Waals surface area contributed by atoms with E-state index in [0.717, 1.165) is 38.5 Å². The average molecular weight is 177 g/mol. The van der Waals surface area contributed by atoms with Gasteiger partial charge in [0.1, 0.15) is 0 Å². The van der Waals surface area contributed by atoms with Crippen LogP contribution < -0.4 is 0 Å². The van der Waals surface area contributed by atoms with E-state index in [0.29, 0.717) is 0 Å². The fraction of sp³-hybridized carbons (Fsp3) is 1.00. The summed E-state index contributed by atoms with van der Waals surface area (Å²) in [7, 11) is 2.11. The van der Waals surface area contributed by atoms with Crippen molar-refractivity contribution in [3.05, 3.63) is 0 Å². The van der Waals surface area contributed by atoms with Crippen molar-refractivity contribution in [3.63, 3.8) is 0 Å². The zero-order chi connectivity index (χ0) is 8.53. The molecule has 0 N–H and O–H groups in total. The van der Waals surface area contributed by atoms with Crippen LogP contribution in [0.25, 0.3) is 0 Å². The Balaban J connectivity index is 3.02. The summed E-state index contributed by atoms with van der Waals surface area (Å²) in [5.74, 6) is 0.971. The minimum atomic E-state index is 0.820. The molecule has 0 rings (SSSR count). The smallest absolute Gasteiger partial charge is 0.0593 e. The van der Waals surface area contributed by atoms with E-state index in [9.17, 15) is 0 Å². The van der Waals surface area contributed by atoms with Gasteiger partial charge in [-0.1, -0.05) is 0 Å². The van der Waals surface area contributed by atoms with E-state index in [1.54, 1.807) is 0 Å². The standard InChI is InChI=1S/C8H19NOS/c1-3-10-7-6-9(2)5-4-8-11/h11H,3-8H2,1-2H3. The second-order valence-electron chi connectivity index (χ2n) is 2.58. The summed E-state index contributed by atoms with van der Waals surface area (Å²) in [6.07, 6.45) is 1.16. The molecular formula is C8H19NOS. The van der Waals surface area contributed by atoms with Gasteiger partial charge in [-0.05, 0) is 32.7 Å². The Morgan fingerprint density at radius 3 is 2.64 bits per heavy atom. The van der Waals surface area contributed by atoms with Crippen LogP contribution in [-0.4, -0.2) is 44.0 Å². The van der Waals surface area contributed by atoms with E-state index < -0.39 is 0 Å². The van der Waals surface area contributed by atoms with Crippen molar-refractivity contribution in [3.8, 4) is 0 Å². The molecule has 0 bridgehead atoms. The molecule has 0 aromatic rings. The number of rotatable bonds is 7. The molecule has 0 atom stereocenters. The van der Waals surface area contributed by atoms with Crippen molar-refractivity contribution in [2.45, 2.75) is 13.3 Å². The van der Waals surface area contributed by atoms with Gasteiger partial charge in [-0.2, -0.15) is 12.6 Å². The lowest BCUT2D eigenvalue weighted by molar-refractivity contribution is 0.122. The van der Waals surface area contributed by atoms with Crippen LogP contribution >= 0.6 is 12.6 Å². The van der Waals surface area contributed by atoms with Gasteiger partial charge in [0.15, 0.2) is 0 Å². The van der Waals surface area contributed by atoms with Crippen molar-refractivity contribution < 1.29 is 4.74 Å². The number of nitrogens with zero attached hydrogens (tertiary/aromatic N) is 1. The van der Waals surface area contributed by atoms with Crippen molar-refractivity contribution in [2.24, 2.45) is 0 Å². The fourth-order valence-corrected chi connectivity index (χ4v) is 0.959. The van der Waals surface area contributed by atoms with E-state index in [2.05, 4.69) is 24.6 Å². The minimum Gasteiger partial charge on any atom is -0.380 e. The molecule has 11 heavy (non-hydrogen) atoms. The van der Waals surface area contributed by atoms with Gasteiger partial charge >= 0.3 is 0 Å². The van der Waals surface area contributed by atoms with E-state index in [-0.39, 0.29) is 0 Å². The molecule has 0 aliphatic carbocycles. The maximum atomic E-state index is 5.22. The van der Waals surface area contributed by atoms with Gasteiger partial charge in [-0.15, -0.1) is 0 Å². The summed E-state index contributed by atoms with van der Waals surface area (Å²) in [5.41, 5.74) is 0. The second-order valence-corrected chi connectivity index (χ2v) is 3.02. The van der Waals surface area contributed by atoms with Gasteiger partial charge in [0.2, 0.25) is 0 Å². The molecule has 0 spiro atoms. The summed E-state index contributed by atoms with van der Waals surface area (Å²) in [5, 5.41) is 0. The number of ether oxygens (including phenoxy) is 1. The summed E-state index contributed by atoms with van der Waals surface area (Å²) >= 11 is 4.15. The Hall–Kier alpha value is 0.270. The van der Waals surface area contributed by atoms with Crippen LogP contribution in [-0.2, 0) is 4.74 Å². The largest absolute Gasteiger partial charge is 0.380 e. The number of hydrogen-bond donors (Lipinski definition) is 1. The molecule has 0 aromatic heterocycles. The van der Waals surface area contributed by atoms with Crippen LogP contribution in [0.4, 0.5) is 0 Å². The predicted octanol–water partition coefficient (Wildman–Crippen LogP) is 1.27. The molecule has 0 fully saturated rings. The zero-order valence-corrected chi connectivity index (χ0v) is 8.44. The number of likely N-dealkylation sites (N-methyl/N-ethyl adjacent to an activating group) is 1. The highest BCUT2D eigenvalue weighted by Gasteiger charge is 1.95. The quantitative estimate of drug-likeness (QED) is 0.464. The molecule has 0 amide bonds. The van der Waals surface area contributed by atoms with Crippen molar-refractivity contribution in [2.75, 3.05) is 39.1 Å². The molecular weight excluding hydrogens is 158 g/mol. The second kappa shape index (κ2) is 8.37. The average Bonchev–Trinajstić information content (AvgIpc) is 2.01. The van der Waals surface area contributed by atoms with Gasteiger partial charge in [-0.25, -0.2) is 0 Å². The lowest BCUT2D eigenvalue weighted by Gasteiger charge is -2.15. The van der Waals surface area contributed by atoms with Crippen molar-refractivity contribution in [1.29, 1.82) is 0 Å².